The van der Waals surface area contributed by atoms with Gasteiger partial charge in [0, 0.05) is 50.5 Å². The van der Waals surface area contributed by atoms with E-state index in [0.717, 1.165) is 37.2 Å². The molecule has 1 amide bonds. The summed E-state index contributed by atoms with van der Waals surface area (Å²) >= 11 is 6.79. The maximum atomic E-state index is 13.5. The van der Waals surface area contributed by atoms with Gasteiger partial charge in [0.25, 0.3) is 11.5 Å². The zero-order chi connectivity index (χ0) is 28.1. The highest BCUT2D eigenvalue weighted by Crippen LogP contribution is 2.36. The summed E-state index contributed by atoms with van der Waals surface area (Å²) in [5.41, 5.74) is 2.05. The molecule has 2 aliphatic rings. The fourth-order valence-corrected chi connectivity index (χ4v) is 6.27. The third kappa shape index (κ3) is 6.04. The minimum atomic E-state index is -0.299. The van der Waals surface area contributed by atoms with Crippen LogP contribution in [-0.2, 0) is 11.3 Å². The molecule has 3 heterocycles. The van der Waals surface area contributed by atoms with Crippen molar-refractivity contribution < 1.29 is 9.18 Å². The number of hydrogen-bond donors (Lipinski definition) is 0. The van der Waals surface area contributed by atoms with E-state index >= 15 is 0 Å². The summed E-state index contributed by atoms with van der Waals surface area (Å²) in [5, 5.41) is 9.92. The Morgan fingerprint density at radius 3 is 2.26 bits per heavy atom. The maximum absolute atomic E-state index is 13.5. The molecule has 2 fully saturated rings. The topological polar surface area (TPSA) is 72.6 Å². The van der Waals surface area contributed by atoms with E-state index in [1.807, 2.05) is 6.08 Å². The van der Waals surface area contributed by atoms with Gasteiger partial charge in [-0.05, 0) is 55.7 Å². The number of amides is 1. The number of unbranched alkanes of at least 4 members (excludes halogenated alkanes) is 2. The SMILES string of the molecule is CCCCN1C(=O)/C(=C\c2c(C)c(C#N)c(=O)n(CCCC)c2N2CCN(c3ccc(F)cc3)CC2)SC1=S. The lowest BCUT2D eigenvalue weighted by Gasteiger charge is -2.39. The second-order valence-electron chi connectivity index (χ2n) is 9.80. The summed E-state index contributed by atoms with van der Waals surface area (Å²) in [6, 6.07) is 8.60. The van der Waals surface area contributed by atoms with E-state index in [0.29, 0.717) is 59.6 Å². The predicted molar refractivity (Wildman–Crippen MR) is 161 cm³/mol. The Hall–Kier alpha value is -3.16. The molecule has 2 saturated heterocycles. The third-order valence-electron chi connectivity index (χ3n) is 7.24. The lowest BCUT2D eigenvalue weighted by atomic mass is 10.0. The van der Waals surface area contributed by atoms with Gasteiger partial charge in [-0.2, -0.15) is 5.26 Å². The minimum absolute atomic E-state index is 0.104. The van der Waals surface area contributed by atoms with Crippen LogP contribution in [0.25, 0.3) is 6.08 Å². The van der Waals surface area contributed by atoms with E-state index in [1.54, 1.807) is 28.5 Å². The smallest absolute Gasteiger partial charge is 0.270 e. The van der Waals surface area contributed by atoms with Crippen molar-refractivity contribution >= 4 is 51.8 Å². The number of carbonyl (C=O) groups excluding carboxylic acids is 1. The van der Waals surface area contributed by atoms with Crippen molar-refractivity contribution in [1.82, 2.24) is 9.47 Å². The van der Waals surface area contributed by atoms with Gasteiger partial charge in [0.05, 0.1) is 4.91 Å². The van der Waals surface area contributed by atoms with Gasteiger partial charge in [-0.25, -0.2) is 4.39 Å². The summed E-state index contributed by atoms with van der Waals surface area (Å²) in [5.74, 6) is 0.340. The van der Waals surface area contributed by atoms with Gasteiger partial charge < -0.3 is 9.80 Å². The number of carbonyl (C=O) groups is 1. The number of thioether (sulfide) groups is 1. The van der Waals surface area contributed by atoms with Crippen LogP contribution < -0.4 is 15.4 Å². The van der Waals surface area contributed by atoms with Crippen molar-refractivity contribution in [1.29, 1.82) is 5.26 Å². The molecule has 0 bridgehead atoms. The maximum Gasteiger partial charge on any atom is 0.270 e. The van der Waals surface area contributed by atoms with Crippen LogP contribution in [0.2, 0.25) is 0 Å². The molecule has 0 aliphatic carbocycles. The molecule has 0 spiro atoms. The number of nitriles is 1. The first-order valence-electron chi connectivity index (χ1n) is 13.5. The average molecular weight is 568 g/mol. The highest BCUT2D eigenvalue weighted by molar-refractivity contribution is 8.26. The van der Waals surface area contributed by atoms with Gasteiger partial charge in [0.1, 0.15) is 27.6 Å². The molecule has 2 aromatic rings. The lowest BCUT2D eigenvalue weighted by molar-refractivity contribution is -0.122. The molecular formula is C29H34FN5O2S2. The molecule has 0 atom stereocenters. The fraction of sp³-hybridized carbons (Fsp3) is 0.448. The van der Waals surface area contributed by atoms with Gasteiger partial charge in [-0.1, -0.05) is 50.7 Å². The van der Waals surface area contributed by atoms with Gasteiger partial charge in [-0.15, -0.1) is 0 Å². The minimum Gasteiger partial charge on any atom is -0.368 e. The molecule has 39 heavy (non-hydrogen) atoms. The van der Waals surface area contributed by atoms with Crippen LogP contribution in [-0.4, -0.2) is 52.4 Å². The Labute approximate surface area is 238 Å². The highest BCUT2D eigenvalue weighted by atomic mass is 32.2. The van der Waals surface area contributed by atoms with Crippen molar-refractivity contribution in [3.63, 3.8) is 0 Å². The Balaban J connectivity index is 1.77. The van der Waals surface area contributed by atoms with Crippen molar-refractivity contribution in [3.05, 3.63) is 62.0 Å². The van der Waals surface area contributed by atoms with Crippen LogP contribution in [0.5, 0.6) is 0 Å². The van der Waals surface area contributed by atoms with Gasteiger partial charge in [-0.3, -0.25) is 19.1 Å². The monoisotopic (exact) mass is 567 g/mol. The molecule has 1 aromatic carbocycles. The van der Waals surface area contributed by atoms with Gasteiger partial charge in [0.15, 0.2) is 0 Å². The van der Waals surface area contributed by atoms with E-state index in [-0.39, 0.29) is 22.8 Å². The van der Waals surface area contributed by atoms with Crippen LogP contribution >= 0.6 is 24.0 Å². The van der Waals surface area contributed by atoms with Crippen LogP contribution in [0.4, 0.5) is 15.9 Å². The van der Waals surface area contributed by atoms with Crippen molar-refractivity contribution in [2.45, 2.75) is 53.0 Å². The first-order valence-corrected chi connectivity index (χ1v) is 14.7. The molecule has 1 aromatic heterocycles. The largest absolute Gasteiger partial charge is 0.368 e. The van der Waals surface area contributed by atoms with E-state index in [9.17, 15) is 19.2 Å². The van der Waals surface area contributed by atoms with E-state index in [1.165, 1.54) is 23.9 Å². The van der Waals surface area contributed by atoms with E-state index in [2.05, 4.69) is 29.7 Å². The molecule has 0 unspecified atom stereocenters. The Kier molecular flexibility index (Phi) is 9.46. The number of anilines is 2. The van der Waals surface area contributed by atoms with Crippen molar-refractivity contribution in [3.8, 4) is 6.07 Å². The number of pyridine rings is 1. The normalized spacial score (nSPS) is 16.9. The van der Waals surface area contributed by atoms with Gasteiger partial charge >= 0.3 is 0 Å². The summed E-state index contributed by atoms with van der Waals surface area (Å²) < 4.78 is 15.7. The molecule has 0 saturated carbocycles. The number of piperazine rings is 1. The molecular weight excluding hydrogens is 533 g/mol. The number of halogens is 1. The van der Waals surface area contributed by atoms with Gasteiger partial charge in [0.2, 0.25) is 0 Å². The Morgan fingerprint density at radius 1 is 1.03 bits per heavy atom. The first-order chi connectivity index (χ1) is 18.8. The summed E-state index contributed by atoms with van der Waals surface area (Å²) in [7, 11) is 0. The summed E-state index contributed by atoms with van der Waals surface area (Å²) in [4.78, 5) is 33.3. The molecule has 0 N–H and O–H groups in total. The second kappa shape index (κ2) is 12.8. The summed E-state index contributed by atoms with van der Waals surface area (Å²) in [6.07, 6.45) is 5.32. The van der Waals surface area contributed by atoms with Crippen LogP contribution in [0.3, 0.4) is 0 Å². The number of benzene rings is 1. The standard InChI is InChI=1S/C29H34FN5O2S2/c1-4-6-12-34-26(33-16-14-32(15-17-33)22-10-8-21(30)9-11-22)23(20(3)24(19-31)27(34)36)18-25-28(37)35(13-7-5-2)29(38)39-25/h8-11,18H,4-7,12-17H2,1-3H3/b25-18+. The summed E-state index contributed by atoms with van der Waals surface area (Å²) in [6.45, 7) is 9.61. The van der Waals surface area contributed by atoms with Crippen molar-refractivity contribution in [2.24, 2.45) is 0 Å². The molecule has 0 radical (unpaired) electrons. The van der Waals surface area contributed by atoms with E-state index < -0.39 is 0 Å². The molecule has 7 nitrogen and oxygen atoms in total. The fourth-order valence-electron chi connectivity index (χ4n) is 4.98. The lowest BCUT2D eigenvalue weighted by Crippen LogP contribution is -2.48. The van der Waals surface area contributed by atoms with Crippen LogP contribution in [0, 0.1) is 24.1 Å². The Morgan fingerprint density at radius 2 is 1.64 bits per heavy atom. The molecule has 206 valence electrons. The number of hydrogen-bond acceptors (Lipinski definition) is 7. The number of thiocarbonyl (C=S) groups is 1. The highest BCUT2D eigenvalue weighted by Gasteiger charge is 2.33. The third-order valence-corrected chi connectivity index (χ3v) is 8.61. The van der Waals surface area contributed by atoms with Crippen molar-refractivity contribution in [2.75, 3.05) is 42.5 Å². The average Bonchev–Trinajstić information content (AvgIpc) is 3.20. The quantitative estimate of drug-likeness (QED) is 0.301. The van der Waals surface area contributed by atoms with Crippen LogP contribution in [0.15, 0.2) is 34.0 Å². The number of nitrogens with zero attached hydrogens (tertiary/aromatic N) is 5. The second-order valence-corrected chi connectivity index (χ2v) is 11.5. The first kappa shape index (κ1) is 28.8. The molecule has 10 heteroatoms. The molecule has 2 aliphatic heterocycles. The van der Waals surface area contributed by atoms with E-state index in [4.69, 9.17) is 12.2 Å². The number of aromatic nitrogens is 1. The molecule has 4 rings (SSSR count). The zero-order valence-corrected chi connectivity index (χ0v) is 24.3. The Bertz CT molecular complexity index is 1370. The zero-order valence-electron chi connectivity index (χ0n) is 22.7. The predicted octanol–water partition coefficient (Wildman–Crippen LogP) is 5.30. The van der Waals surface area contributed by atoms with Crippen LogP contribution in [0.1, 0.15) is 56.2 Å². The number of rotatable bonds is 9.